The van der Waals surface area contributed by atoms with Gasteiger partial charge in [-0.25, -0.2) is 4.79 Å². The van der Waals surface area contributed by atoms with Crippen molar-refractivity contribution in [2.45, 2.75) is 26.0 Å². The van der Waals surface area contributed by atoms with Crippen molar-refractivity contribution in [2.75, 3.05) is 0 Å². The quantitative estimate of drug-likeness (QED) is 0.826. The summed E-state index contributed by atoms with van der Waals surface area (Å²) in [6.07, 6.45) is 0.134. The summed E-state index contributed by atoms with van der Waals surface area (Å²) in [5.41, 5.74) is 1.37. The van der Waals surface area contributed by atoms with Crippen molar-refractivity contribution in [3.8, 4) is 0 Å². The molecule has 0 bridgehead atoms. The van der Waals surface area contributed by atoms with E-state index in [0.717, 1.165) is 5.52 Å². The Morgan fingerprint density at radius 3 is 2.93 bits per heavy atom. The molecule has 0 aliphatic carbocycles. The molecule has 1 aromatic heterocycles. The van der Waals surface area contributed by atoms with Gasteiger partial charge in [0.25, 0.3) is 0 Å². The first-order valence-electron chi connectivity index (χ1n) is 4.95. The second-order valence-electron chi connectivity index (χ2n) is 3.63. The first kappa shape index (κ1) is 9.98. The molecule has 0 saturated carbocycles. The fraction of sp³-hybridized carbons (Fsp3) is 0.364. The van der Waals surface area contributed by atoms with Gasteiger partial charge in [-0.05, 0) is 25.5 Å². The lowest BCUT2D eigenvalue weighted by Crippen LogP contribution is -2.17. The summed E-state index contributed by atoms with van der Waals surface area (Å²) in [6, 6.07) is 7.28. The maximum atomic E-state index is 11.5. The maximum Gasteiger partial charge on any atom is 0.419 e. The molecule has 1 aromatic carbocycles. The second kappa shape index (κ2) is 3.90. The molecule has 1 unspecified atom stereocenters. The third kappa shape index (κ3) is 1.94. The molecule has 0 aliphatic heterocycles. The average Bonchev–Trinajstić information content (AvgIpc) is 2.50. The number of para-hydroxylation sites is 2. The highest BCUT2D eigenvalue weighted by Gasteiger charge is 2.08. The predicted octanol–water partition coefficient (Wildman–Crippen LogP) is 1.37. The molecule has 0 amide bonds. The van der Waals surface area contributed by atoms with E-state index in [1.807, 2.05) is 18.2 Å². The Bertz CT molecular complexity index is 510. The van der Waals surface area contributed by atoms with Gasteiger partial charge in [-0.3, -0.25) is 4.57 Å². The summed E-state index contributed by atoms with van der Waals surface area (Å²) in [7, 11) is 0. The van der Waals surface area contributed by atoms with Crippen LogP contribution in [0.3, 0.4) is 0 Å². The third-order valence-corrected chi connectivity index (χ3v) is 2.34. The molecule has 1 N–H and O–H groups in total. The minimum atomic E-state index is -0.412. The Hall–Kier alpha value is -1.55. The number of aromatic nitrogens is 1. The molecule has 1 heterocycles. The highest BCUT2D eigenvalue weighted by molar-refractivity contribution is 5.72. The number of hydrogen-bond acceptors (Lipinski definition) is 3. The Morgan fingerprint density at radius 2 is 2.20 bits per heavy atom. The van der Waals surface area contributed by atoms with Gasteiger partial charge in [0, 0.05) is 6.54 Å². The Kier molecular flexibility index (Phi) is 2.60. The van der Waals surface area contributed by atoms with E-state index < -0.39 is 6.10 Å². The normalized spacial score (nSPS) is 13.2. The molecule has 4 heteroatoms. The summed E-state index contributed by atoms with van der Waals surface area (Å²) >= 11 is 0. The smallest absolute Gasteiger partial charge is 0.408 e. The Morgan fingerprint density at radius 1 is 1.47 bits per heavy atom. The molecule has 80 valence electrons. The minimum absolute atomic E-state index is 0.364. The Labute approximate surface area is 86.8 Å². The molecule has 0 radical (unpaired) electrons. The van der Waals surface area contributed by atoms with E-state index in [4.69, 9.17) is 9.52 Å². The standard InChI is InChI=1S/C11H13NO3/c1-8(13)6-7-12-9-4-2-3-5-10(9)15-11(12)14/h2-5,8,13H,6-7H2,1H3. The highest BCUT2D eigenvalue weighted by atomic mass is 16.4. The zero-order valence-electron chi connectivity index (χ0n) is 8.51. The van der Waals surface area contributed by atoms with Crippen LogP contribution in [0.2, 0.25) is 0 Å². The zero-order chi connectivity index (χ0) is 10.8. The predicted molar refractivity (Wildman–Crippen MR) is 56.8 cm³/mol. The number of aryl methyl sites for hydroxylation is 1. The van der Waals surface area contributed by atoms with Crippen molar-refractivity contribution in [3.63, 3.8) is 0 Å². The summed E-state index contributed by atoms with van der Waals surface area (Å²) in [6.45, 7) is 2.18. The topological polar surface area (TPSA) is 55.4 Å². The molecule has 0 aliphatic rings. The van der Waals surface area contributed by atoms with Crippen molar-refractivity contribution < 1.29 is 9.52 Å². The van der Waals surface area contributed by atoms with Crippen LogP contribution in [0.4, 0.5) is 0 Å². The van der Waals surface area contributed by atoms with Gasteiger partial charge < -0.3 is 9.52 Å². The highest BCUT2D eigenvalue weighted by Crippen LogP contribution is 2.12. The van der Waals surface area contributed by atoms with Crippen molar-refractivity contribution >= 4 is 11.1 Å². The molecule has 2 aromatic rings. The van der Waals surface area contributed by atoms with Crippen LogP contribution in [-0.2, 0) is 6.54 Å². The number of hydrogen-bond donors (Lipinski definition) is 1. The van der Waals surface area contributed by atoms with Gasteiger partial charge >= 0.3 is 5.76 Å². The summed E-state index contributed by atoms with van der Waals surface area (Å²) in [4.78, 5) is 11.5. The van der Waals surface area contributed by atoms with Crippen LogP contribution in [0.1, 0.15) is 13.3 Å². The van der Waals surface area contributed by atoms with Crippen molar-refractivity contribution in [2.24, 2.45) is 0 Å². The first-order chi connectivity index (χ1) is 7.18. The minimum Gasteiger partial charge on any atom is -0.408 e. The SMILES string of the molecule is CC(O)CCn1c(=O)oc2ccccc21. The number of rotatable bonds is 3. The largest absolute Gasteiger partial charge is 0.419 e. The van der Waals surface area contributed by atoms with Gasteiger partial charge in [0.15, 0.2) is 5.58 Å². The number of fused-ring (bicyclic) bond motifs is 1. The molecule has 1 atom stereocenters. The maximum absolute atomic E-state index is 11.5. The van der Waals surface area contributed by atoms with Gasteiger partial charge in [0.2, 0.25) is 0 Å². The third-order valence-electron chi connectivity index (χ3n) is 2.34. The molecular weight excluding hydrogens is 194 g/mol. The van der Waals surface area contributed by atoms with Gasteiger partial charge in [0.05, 0.1) is 11.6 Å². The van der Waals surface area contributed by atoms with Gasteiger partial charge in [0.1, 0.15) is 0 Å². The summed E-state index contributed by atoms with van der Waals surface area (Å²) < 4.78 is 6.60. The van der Waals surface area contributed by atoms with E-state index in [0.29, 0.717) is 18.5 Å². The fourth-order valence-corrected chi connectivity index (χ4v) is 1.54. The second-order valence-corrected chi connectivity index (χ2v) is 3.63. The summed E-state index contributed by atoms with van der Waals surface area (Å²) in [5, 5.41) is 9.17. The number of aliphatic hydroxyl groups is 1. The summed E-state index contributed by atoms with van der Waals surface area (Å²) in [5.74, 6) is -0.364. The lowest BCUT2D eigenvalue weighted by atomic mass is 10.3. The molecule has 4 nitrogen and oxygen atoms in total. The lowest BCUT2D eigenvalue weighted by Gasteiger charge is -2.03. The van der Waals surface area contributed by atoms with Gasteiger partial charge in [-0.15, -0.1) is 0 Å². The number of aliphatic hydroxyl groups excluding tert-OH is 1. The first-order valence-corrected chi connectivity index (χ1v) is 4.95. The van der Waals surface area contributed by atoms with E-state index in [1.54, 1.807) is 17.6 Å². The van der Waals surface area contributed by atoms with E-state index in [-0.39, 0.29) is 5.76 Å². The Balaban J connectivity index is 2.41. The van der Waals surface area contributed by atoms with Crippen LogP contribution in [0.15, 0.2) is 33.5 Å². The van der Waals surface area contributed by atoms with Crippen LogP contribution in [0.5, 0.6) is 0 Å². The molecule has 0 saturated heterocycles. The van der Waals surface area contributed by atoms with Crippen LogP contribution in [0, 0.1) is 0 Å². The number of oxazole rings is 1. The van der Waals surface area contributed by atoms with E-state index >= 15 is 0 Å². The lowest BCUT2D eigenvalue weighted by molar-refractivity contribution is 0.177. The van der Waals surface area contributed by atoms with E-state index in [2.05, 4.69) is 0 Å². The number of nitrogens with zero attached hydrogens (tertiary/aromatic N) is 1. The van der Waals surface area contributed by atoms with Gasteiger partial charge in [-0.2, -0.15) is 0 Å². The molecular formula is C11H13NO3. The van der Waals surface area contributed by atoms with Crippen molar-refractivity contribution in [1.82, 2.24) is 4.57 Å². The van der Waals surface area contributed by atoms with Crippen molar-refractivity contribution in [3.05, 3.63) is 34.8 Å². The monoisotopic (exact) mass is 207 g/mol. The average molecular weight is 207 g/mol. The molecule has 15 heavy (non-hydrogen) atoms. The fourth-order valence-electron chi connectivity index (χ4n) is 1.54. The number of benzene rings is 1. The molecule has 0 fully saturated rings. The van der Waals surface area contributed by atoms with Crippen molar-refractivity contribution in [1.29, 1.82) is 0 Å². The van der Waals surface area contributed by atoms with E-state index in [1.165, 1.54) is 0 Å². The van der Waals surface area contributed by atoms with Gasteiger partial charge in [-0.1, -0.05) is 12.1 Å². The molecule has 0 spiro atoms. The van der Waals surface area contributed by atoms with Crippen LogP contribution in [0.25, 0.3) is 11.1 Å². The van der Waals surface area contributed by atoms with Crippen LogP contribution < -0.4 is 5.76 Å². The van der Waals surface area contributed by atoms with Crippen LogP contribution >= 0.6 is 0 Å². The van der Waals surface area contributed by atoms with E-state index in [9.17, 15) is 4.79 Å². The molecule has 2 rings (SSSR count). The zero-order valence-corrected chi connectivity index (χ0v) is 8.51. The van der Waals surface area contributed by atoms with Crippen LogP contribution in [-0.4, -0.2) is 15.8 Å².